The summed E-state index contributed by atoms with van der Waals surface area (Å²) in [7, 11) is 1.20. The van der Waals surface area contributed by atoms with E-state index in [0.29, 0.717) is 21.8 Å². The summed E-state index contributed by atoms with van der Waals surface area (Å²) in [6, 6.07) is 19.8. The number of nitro groups is 1. The van der Waals surface area contributed by atoms with Crippen LogP contribution in [0.25, 0.3) is 6.08 Å². The number of hydrogen-bond donors (Lipinski definition) is 0. The lowest BCUT2D eigenvalue weighted by atomic mass is 9.68. The first-order chi connectivity index (χ1) is 17.8. The lowest BCUT2D eigenvalue weighted by Gasteiger charge is -2.36. The number of rotatable bonds is 5. The minimum absolute atomic E-state index is 0.147. The highest BCUT2D eigenvalue weighted by Gasteiger charge is 2.67. The summed E-state index contributed by atoms with van der Waals surface area (Å²) in [4.78, 5) is 40.3. The summed E-state index contributed by atoms with van der Waals surface area (Å²) >= 11 is 6.06. The molecule has 2 heterocycles. The summed E-state index contributed by atoms with van der Waals surface area (Å²) < 4.78 is 5.17. The molecule has 0 aliphatic carbocycles. The van der Waals surface area contributed by atoms with Crippen molar-refractivity contribution in [1.82, 2.24) is 0 Å². The molecule has 0 amide bonds. The van der Waals surface area contributed by atoms with Crippen LogP contribution in [0, 0.1) is 26.9 Å². The number of benzene rings is 3. The zero-order valence-corrected chi connectivity index (χ0v) is 20.3. The van der Waals surface area contributed by atoms with Gasteiger partial charge in [-0.15, -0.1) is 0 Å². The minimum atomic E-state index is -1.82. The fourth-order valence-electron chi connectivity index (χ4n) is 5.50. The summed E-state index contributed by atoms with van der Waals surface area (Å²) in [5.41, 5.74) is 0.340. The van der Waals surface area contributed by atoms with Gasteiger partial charge in [-0.2, -0.15) is 5.26 Å². The topological polar surface area (TPSA) is 114 Å². The van der Waals surface area contributed by atoms with Gasteiger partial charge in [0.05, 0.1) is 24.1 Å². The predicted octanol–water partition coefficient (Wildman–Crippen LogP) is 5.18. The van der Waals surface area contributed by atoms with E-state index >= 15 is 0 Å². The van der Waals surface area contributed by atoms with Crippen molar-refractivity contribution >= 4 is 40.8 Å². The van der Waals surface area contributed by atoms with Crippen LogP contribution in [0.1, 0.15) is 27.4 Å². The number of nitro benzene ring substituents is 1. The fraction of sp³-hybridized carbons (Fsp3) is 0.179. The van der Waals surface area contributed by atoms with Gasteiger partial charge in [-0.25, -0.2) is 0 Å². The second-order valence-corrected chi connectivity index (χ2v) is 9.32. The van der Waals surface area contributed by atoms with Gasteiger partial charge in [0.15, 0.2) is 11.2 Å². The quantitative estimate of drug-likeness (QED) is 0.200. The first kappa shape index (κ1) is 24.2. The van der Waals surface area contributed by atoms with Crippen LogP contribution < -0.4 is 4.90 Å². The number of para-hydroxylation sites is 1. The molecular weight excluding hydrogens is 494 g/mol. The summed E-state index contributed by atoms with van der Waals surface area (Å²) in [6.45, 7) is 0. The van der Waals surface area contributed by atoms with Crippen molar-refractivity contribution in [3.63, 3.8) is 0 Å². The number of esters is 1. The highest BCUT2D eigenvalue weighted by Crippen LogP contribution is 2.56. The van der Waals surface area contributed by atoms with Crippen LogP contribution in [0.3, 0.4) is 0 Å². The Balaban J connectivity index is 1.80. The second-order valence-electron chi connectivity index (χ2n) is 8.88. The van der Waals surface area contributed by atoms with E-state index in [2.05, 4.69) is 6.07 Å². The van der Waals surface area contributed by atoms with Gasteiger partial charge < -0.3 is 9.64 Å². The van der Waals surface area contributed by atoms with Crippen LogP contribution in [0.15, 0.2) is 78.9 Å². The smallest absolute Gasteiger partial charge is 0.329 e. The molecule has 0 spiro atoms. The van der Waals surface area contributed by atoms with Gasteiger partial charge in [-0.3, -0.25) is 19.7 Å². The molecule has 0 bridgehead atoms. The number of carbonyl (C=O) groups excluding carboxylic acids is 2. The Kier molecular flexibility index (Phi) is 6.02. The Bertz CT molecular complexity index is 1480. The normalized spacial score (nSPS) is 23.5. The van der Waals surface area contributed by atoms with Crippen molar-refractivity contribution in [3.05, 3.63) is 111 Å². The first-order valence-corrected chi connectivity index (χ1v) is 11.8. The number of ether oxygens (including phenoxy) is 1. The Hall–Kier alpha value is -4.48. The van der Waals surface area contributed by atoms with E-state index < -0.39 is 34.3 Å². The number of nitriles is 1. The largest absolute Gasteiger partial charge is 0.468 e. The number of halogens is 1. The number of non-ortho nitro benzene ring substituents is 1. The molecule has 1 fully saturated rings. The molecule has 0 aromatic heterocycles. The first-order valence-electron chi connectivity index (χ1n) is 11.4. The van der Waals surface area contributed by atoms with Crippen molar-refractivity contribution < 1.29 is 19.2 Å². The molecule has 3 aromatic carbocycles. The number of methoxy groups -OCH3 is 1. The van der Waals surface area contributed by atoms with E-state index in [0.717, 1.165) is 5.56 Å². The molecule has 9 heteroatoms. The summed E-state index contributed by atoms with van der Waals surface area (Å²) in [5, 5.41) is 22.4. The average molecular weight is 514 g/mol. The van der Waals surface area contributed by atoms with E-state index in [1.807, 2.05) is 30.3 Å². The molecule has 184 valence electrons. The van der Waals surface area contributed by atoms with Gasteiger partial charge >= 0.3 is 5.97 Å². The maximum Gasteiger partial charge on any atom is 0.329 e. The van der Waals surface area contributed by atoms with Gasteiger partial charge in [0.2, 0.25) is 0 Å². The molecule has 4 atom stereocenters. The summed E-state index contributed by atoms with van der Waals surface area (Å²) in [6.07, 6.45) is 3.57. The molecule has 5 rings (SSSR count). The Morgan fingerprint density at radius 2 is 1.76 bits per heavy atom. The molecule has 0 radical (unpaired) electrons. The van der Waals surface area contributed by atoms with Crippen LogP contribution >= 0.6 is 11.6 Å². The van der Waals surface area contributed by atoms with Gasteiger partial charge in [0.1, 0.15) is 6.04 Å². The highest BCUT2D eigenvalue weighted by molar-refractivity contribution is 6.30. The average Bonchev–Trinajstić information content (AvgIpc) is 3.24. The monoisotopic (exact) mass is 513 g/mol. The molecule has 0 saturated carbocycles. The third kappa shape index (κ3) is 3.67. The molecule has 0 unspecified atom stereocenters. The Morgan fingerprint density at radius 3 is 2.38 bits per heavy atom. The minimum Gasteiger partial charge on any atom is -0.468 e. The number of fused-ring (bicyclic) bond motifs is 3. The molecular formula is C28H20ClN3O5. The van der Waals surface area contributed by atoms with Gasteiger partial charge in [0.25, 0.3) is 5.69 Å². The van der Waals surface area contributed by atoms with Crippen LogP contribution in [0.4, 0.5) is 11.4 Å². The molecule has 2 aliphatic rings. The van der Waals surface area contributed by atoms with Crippen LogP contribution in [0.5, 0.6) is 0 Å². The number of anilines is 1. The standard InChI is InChI=1S/C28H20ClN3O5/c1-37-27(34)28(16-30)23-15-10-17-4-2-3-5-22(17)31(23)25(26(33)19-6-11-20(29)12-7-19)24(28)18-8-13-21(14-9-18)32(35)36/h2-15,23-25H,1H3/t23-,24-,25+,28+/m1/s1. The number of ketones is 1. The molecule has 8 nitrogen and oxygen atoms in total. The molecule has 1 saturated heterocycles. The maximum absolute atomic E-state index is 14.2. The van der Waals surface area contributed by atoms with Gasteiger partial charge in [-0.05, 0) is 41.5 Å². The Morgan fingerprint density at radius 1 is 1.08 bits per heavy atom. The van der Waals surface area contributed by atoms with Crippen molar-refractivity contribution in [2.45, 2.75) is 18.0 Å². The van der Waals surface area contributed by atoms with E-state index in [4.69, 9.17) is 16.3 Å². The lowest BCUT2D eigenvalue weighted by Crippen LogP contribution is -2.46. The SMILES string of the molecule is COC(=O)[C@]1(C#N)[C@H](c2ccc([N+](=O)[O-])cc2)[C@@H](C(=O)c2ccc(Cl)cc2)N2c3ccccc3C=C[C@@H]21. The molecule has 0 N–H and O–H groups in total. The second kappa shape index (κ2) is 9.19. The Labute approximate surface area is 217 Å². The van der Waals surface area contributed by atoms with Gasteiger partial charge in [-0.1, -0.05) is 54.1 Å². The molecule has 37 heavy (non-hydrogen) atoms. The van der Waals surface area contributed by atoms with E-state index in [1.54, 1.807) is 35.2 Å². The third-order valence-electron chi connectivity index (χ3n) is 7.11. The van der Waals surface area contributed by atoms with Gasteiger partial charge in [0, 0.05) is 34.3 Å². The lowest BCUT2D eigenvalue weighted by molar-refractivity contribution is -0.384. The highest BCUT2D eigenvalue weighted by atomic mass is 35.5. The van der Waals surface area contributed by atoms with Crippen molar-refractivity contribution in [2.75, 3.05) is 12.0 Å². The maximum atomic E-state index is 14.2. The van der Waals surface area contributed by atoms with Crippen LogP contribution in [0.2, 0.25) is 5.02 Å². The van der Waals surface area contributed by atoms with Crippen molar-refractivity contribution in [1.29, 1.82) is 5.26 Å². The zero-order valence-electron chi connectivity index (χ0n) is 19.6. The number of nitrogens with zero attached hydrogens (tertiary/aromatic N) is 3. The van der Waals surface area contributed by atoms with Crippen LogP contribution in [-0.2, 0) is 9.53 Å². The van der Waals surface area contributed by atoms with Crippen molar-refractivity contribution in [2.24, 2.45) is 5.41 Å². The molecule has 3 aromatic rings. The van der Waals surface area contributed by atoms with E-state index in [-0.39, 0.29) is 11.5 Å². The van der Waals surface area contributed by atoms with Crippen molar-refractivity contribution in [3.8, 4) is 6.07 Å². The molecule has 2 aliphatic heterocycles. The zero-order chi connectivity index (χ0) is 26.3. The third-order valence-corrected chi connectivity index (χ3v) is 7.37. The predicted molar refractivity (Wildman–Crippen MR) is 137 cm³/mol. The van der Waals surface area contributed by atoms with E-state index in [9.17, 15) is 25.0 Å². The van der Waals surface area contributed by atoms with Crippen LogP contribution in [-0.4, -0.2) is 35.9 Å². The van der Waals surface area contributed by atoms with E-state index in [1.165, 1.54) is 31.4 Å². The fourth-order valence-corrected chi connectivity index (χ4v) is 5.62. The number of Topliss-reactive ketones (excluding diaryl/α,β-unsaturated/α-hetero) is 1. The number of hydrogen-bond acceptors (Lipinski definition) is 7. The number of carbonyl (C=O) groups is 2. The summed E-state index contributed by atoms with van der Waals surface area (Å²) in [5.74, 6) is -2.12.